The first-order valence-corrected chi connectivity index (χ1v) is 14.1. The predicted octanol–water partition coefficient (Wildman–Crippen LogP) is 7.72. The van der Waals surface area contributed by atoms with Crippen LogP contribution in [0.25, 0.3) is 0 Å². The topological polar surface area (TPSA) is 178 Å². The van der Waals surface area contributed by atoms with Crippen LogP contribution in [-0.4, -0.2) is 79.0 Å². The van der Waals surface area contributed by atoms with Gasteiger partial charge in [-0.1, -0.05) is 63.2 Å². The molecule has 2 aromatic carbocycles. The van der Waals surface area contributed by atoms with Crippen LogP contribution in [0.2, 0.25) is 0 Å². The minimum absolute atomic E-state index is 0.368. The Labute approximate surface area is 275 Å². The number of methoxy groups -OCH3 is 4. The highest BCUT2D eigenvalue weighted by molar-refractivity contribution is 5.67. The summed E-state index contributed by atoms with van der Waals surface area (Å²) in [6.07, 6.45) is 0.456. The summed E-state index contributed by atoms with van der Waals surface area (Å²) in [4.78, 5) is 51.6. The number of hydrogen-bond acceptors (Lipinski definition) is 15. The van der Waals surface area contributed by atoms with Crippen LogP contribution in [0, 0.1) is 0 Å². The average Bonchev–Trinajstić information content (AvgIpc) is 3.09. The first-order valence-electron chi connectivity index (χ1n) is 14.1. The third-order valence-corrected chi connectivity index (χ3v) is 4.14. The largest absolute Gasteiger partial charge is 0.519 e. The SMILES string of the molecule is C=COC(=O)OC.CCCCOC(=O)OC.CCCOC(=O)OC.CCOC(=O)OC.O=C(Oc1ccccc1)Oc1ccccc1. The highest BCUT2D eigenvalue weighted by atomic mass is 16.7. The fraction of sp³-hybridized carbons (Fsp3) is 0.406. The highest BCUT2D eigenvalue weighted by Crippen LogP contribution is 2.12. The van der Waals surface area contributed by atoms with Gasteiger partial charge in [0.15, 0.2) is 0 Å². The quantitative estimate of drug-likeness (QED) is 0.0831. The third kappa shape index (κ3) is 34.9. The molecule has 0 aromatic heterocycles. The summed E-state index contributed by atoms with van der Waals surface area (Å²) in [7, 11) is 5.09. The maximum absolute atomic E-state index is 11.3. The van der Waals surface area contributed by atoms with E-state index < -0.39 is 30.8 Å². The van der Waals surface area contributed by atoms with Crippen molar-refractivity contribution in [3.63, 3.8) is 0 Å². The van der Waals surface area contributed by atoms with Gasteiger partial charge < -0.3 is 47.4 Å². The van der Waals surface area contributed by atoms with E-state index in [1.54, 1.807) is 55.5 Å². The Hall–Kier alpha value is -5.47. The summed E-state index contributed by atoms with van der Waals surface area (Å²) in [5.74, 6) is 0.923. The molecule has 0 unspecified atom stereocenters. The Bertz CT molecular complexity index is 1030. The Kier molecular flexibility index (Phi) is 34.2. The third-order valence-electron chi connectivity index (χ3n) is 4.14. The second-order valence-corrected chi connectivity index (χ2v) is 7.66. The fourth-order valence-electron chi connectivity index (χ4n) is 2.09. The minimum atomic E-state index is -0.741. The van der Waals surface area contributed by atoms with Crippen molar-refractivity contribution in [2.45, 2.75) is 40.0 Å². The lowest BCUT2D eigenvalue weighted by atomic mass is 10.3. The van der Waals surface area contributed by atoms with Gasteiger partial charge in [-0.25, -0.2) is 24.0 Å². The number of hydrogen-bond donors (Lipinski definition) is 0. The summed E-state index contributed by atoms with van der Waals surface area (Å²) in [5, 5.41) is 0. The number of ether oxygens (including phenoxy) is 10. The number of para-hydroxylation sites is 2. The van der Waals surface area contributed by atoms with Crippen molar-refractivity contribution in [3.05, 3.63) is 73.5 Å². The van der Waals surface area contributed by atoms with Crippen molar-refractivity contribution in [1.82, 2.24) is 0 Å². The predicted molar refractivity (Wildman–Crippen MR) is 169 cm³/mol. The standard InChI is InChI=1S/C13H10O3.C6H12O3.C5H10O3.C4H8O3.C4H6O3/c14-13(15-11-7-3-1-4-8-11)16-12-9-5-2-6-10-12;1-3-4-5-9-6(7)8-2;1-3-4-8-5(6)7-2;2*1-3-7-4(5)6-2/h1-10H;3-5H2,1-2H3;3-4H2,1-2H3;3H2,1-2H3;3H,1H2,2H3. The Balaban J connectivity index is -0.000000545. The van der Waals surface area contributed by atoms with E-state index in [-0.39, 0.29) is 0 Å². The zero-order valence-corrected chi connectivity index (χ0v) is 27.9. The van der Waals surface area contributed by atoms with E-state index in [1.165, 1.54) is 28.4 Å². The van der Waals surface area contributed by atoms with Crippen LogP contribution in [-0.2, 0) is 37.9 Å². The Morgan fingerprint density at radius 3 is 1.26 bits per heavy atom. The van der Waals surface area contributed by atoms with Gasteiger partial charge in [0.25, 0.3) is 0 Å². The molecule has 15 nitrogen and oxygen atoms in total. The van der Waals surface area contributed by atoms with Gasteiger partial charge in [-0.3, -0.25) is 0 Å². The lowest BCUT2D eigenvalue weighted by Crippen LogP contribution is -2.13. The molecule has 0 N–H and O–H groups in total. The first kappa shape index (κ1) is 46.0. The minimum Gasteiger partial charge on any atom is -0.438 e. The number of benzene rings is 2. The number of carbonyl (C=O) groups excluding carboxylic acids is 5. The summed E-state index contributed by atoms with van der Waals surface area (Å²) >= 11 is 0. The van der Waals surface area contributed by atoms with Crippen LogP contribution in [0.4, 0.5) is 24.0 Å². The van der Waals surface area contributed by atoms with E-state index in [1.807, 2.05) is 26.0 Å². The molecule has 0 amide bonds. The molecule has 0 aliphatic rings. The molecule has 0 fully saturated rings. The number of rotatable bonds is 9. The van der Waals surface area contributed by atoms with E-state index in [4.69, 9.17) is 9.47 Å². The second kappa shape index (κ2) is 35.0. The van der Waals surface area contributed by atoms with Crippen molar-refractivity contribution in [1.29, 1.82) is 0 Å². The molecular weight excluding hydrogens is 624 g/mol. The molecule has 264 valence electrons. The lowest BCUT2D eigenvalue weighted by Gasteiger charge is -2.04. The van der Waals surface area contributed by atoms with E-state index in [9.17, 15) is 24.0 Å². The zero-order valence-electron chi connectivity index (χ0n) is 27.9. The first-order chi connectivity index (χ1) is 22.6. The van der Waals surface area contributed by atoms with Gasteiger partial charge in [-0.05, 0) is 44.0 Å². The molecule has 0 spiro atoms. The fourth-order valence-corrected chi connectivity index (χ4v) is 2.09. The molecule has 0 aliphatic heterocycles. The smallest absolute Gasteiger partial charge is 0.438 e. The van der Waals surface area contributed by atoms with Crippen LogP contribution in [0.3, 0.4) is 0 Å². The zero-order chi connectivity index (χ0) is 36.1. The summed E-state index contributed by atoms with van der Waals surface area (Å²) in [6.45, 7) is 10.1. The average molecular weight is 671 g/mol. The van der Waals surface area contributed by atoms with Crippen molar-refractivity contribution in [2.24, 2.45) is 0 Å². The van der Waals surface area contributed by atoms with Crippen LogP contribution in [0.1, 0.15) is 40.0 Å². The van der Waals surface area contributed by atoms with Crippen LogP contribution < -0.4 is 9.47 Å². The van der Waals surface area contributed by atoms with E-state index in [0.717, 1.165) is 25.5 Å². The molecule has 0 heterocycles. The van der Waals surface area contributed by atoms with Crippen LogP contribution >= 0.6 is 0 Å². The van der Waals surface area contributed by atoms with Gasteiger partial charge in [0.1, 0.15) is 11.5 Å². The normalized spacial score (nSPS) is 8.49. The Morgan fingerprint density at radius 1 is 0.553 bits per heavy atom. The molecule has 15 heteroatoms. The van der Waals surface area contributed by atoms with Gasteiger partial charge >= 0.3 is 30.8 Å². The van der Waals surface area contributed by atoms with Crippen molar-refractivity contribution in [3.8, 4) is 11.5 Å². The van der Waals surface area contributed by atoms with Gasteiger partial charge in [-0.2, -0.15) is 0 Å². The molecule has 2 rings (SSSR count). The molecule has 2 aromatic rings. The van der Waals surface area contributed by atoms with Gasteiger partial charge in [0.2, 0.25) is 0 Å². The Morgan fingerprint density at radius 2 is 0.957 bits per heavy atom. The molecule has 0 bridgehead atoms. The molecule has 0 saturated heterocycles. The highest BCUT2D eigenvalue weighted by Gasteiger charge is 2.06. The molecular formula is C32H46O15. The maximum atomic E-state index is 11.3. The van der Waals surface area contributed by atoms with E-state index in [2.05, 4.69) is 44.5 Å². The summed E-state index contributed by atoms with van der Waals surface area (Å²) < 4.78 is 44.0. The van der Waals surface area contributed by atoms with Gasteiger partial charge in [-0.15, -0.1) is 0 Å². The van der Waals surface area contributed by atoms with Gasteiger partial charge in [0.05, 0.1) is 54.5 Å². The maximum Gasteiger partial charge on any atom is 0.519 e. The number of carbonyl (C=O) groups is 5. The van der Waals surface area contributed by atoms with E-state index in [0.29, 0.717) is 31.3 Å². The lowest BCUT2D eigenvalue weighted by molar-refractivity contribution is 0.0712. The van der Waals surface area contributed by atoms with Gasteiger partial charge in [0, 0.05) is 0 Å². The van der Waals surface area contributed by atoms with Crippen molar-refractivity contribution in [2.75, 3.05) is 48.3 Å². The molecule has 0 saturated carbocycles. The summed E-state index contributed by atoms with van der Waals surface area (Å²) in [5.41, 5.74) is 0. The molecule has 47 heavy (non-hydrogen) atoms. The van der Waals surface area contributed by atoms with E-state index >= 15 is 0 Å². The monoisotopic (exact) mass is 670 g/mol. The molecule has 0 radical (unpaired) electrons. The second-order valence-electron chi connectivity index (χ2n) is 7.66. The van der Waals surface area contributed by atoms with Crippen LogP contribution in [0.15, 0.2) is 73.5 Å². The summed E-state index contributed by atoms with van der Waals surface area (Å²) in [6, 6.07) is 17.6. The van der Waals surface area contributed by atoms with Crippen molar-refractivity contribution < 1.29 is 71.3 Å². The van der Waals surface area contributed by atoms with Crippen molar-refractivity contribution >= 4 is 30.8 Å². The molecule has 0 atom stereocenters. The number of unbranched alkanes of at least 4 members (excludes halogenated alkanes) is 1. The van der Waals surface area contributed by atoms with Crippen LogP contribution in [0.5, 0.6) is 11.5 Å². The molecule has 0 aliphatic carbocycles.